The fourth-order valence-electron chi connectivity index (χ4n) is 0.717. The van der Waals surface area contributed by atoms with Gasteiger partial charge in [-0.3, -0.25) is 5.21 Å². The minimum absolute atomic E-state index is 0.683. The van der Waals surface area contributed by atoms with Crippen molar-refractivity contribution in [3.05, 3.63) is 28.5 Å². The van der Waals surface area contributed by atoms with Crippen LogP contribution in [0.4, 0.5) is 0 Å². The van der Waals surface area contributed by atoms with Crippen LogP contribution in [0.25, 0.3) is 0 Å². The highest BCUT2D eigenvalue weighted by Gasteiger charge is 2.09. The van der Waals surface area contributed by atoms with Crippen molar-refractivity contribution >= 4 is 11.6 Å². The molecule has 0 unspecified atom stereocenters. The molecule has 0 aliphatic carbocycles. The van der Waals surface area contributed by atoms with E-state index < -0.39 is 0 Å². The van der Waals surface area contributed by atoms with Crippen molar-refractivity contribution in [3.63, 3.8) is 0 Å². The zero-order chi connectivity index (χ0) is 7.72. The summed E-state index contributed by atoms with van der Waals surface area (Å²) in [6.07, 6.45) is 1.52. The van der Waals surface area contributed by atoms with Crippen molar-refractivity contribution in [2.45, 2.75) is 13.8 Å². The first-order valence-electron chi connectivity index (χ1n) is 2.99. The molecule has 0 radical (unpaired) electrons. The summed E-state index contributed by atoms with van der Waals surface area (Å²) in [5, 5.41) is 9.77. The van der Waals surface area contributed by atoms with Gasteiger partial charge in [0.2, 0.25) is 11.9 Å². The minimum Gasteiger partial charge on any atom is -0.285 e. The minimum atomic E-state index is 0.683. The molecule has 54 valence electrons. The van der Waals surface area contributed by atoms with E-state index in [0.717, 1.165) is 16.0 Å². The highest BCUT2D eigenvalue weighted by Crippen LogP contribution is 2.13. The van der Waals surface area contributed by atoms with Crippen molar-refractivity contribution in [1.82, 2.24) is 0 Å². The van der Waals surface area contributed by atoms with Crippen LogP contribution in [0.5, 0.6) is 0 Å². The molecular weight excluding hydrogens is 150 g/mol. The van der Waals surface area contributed by atoms with Gasteiger partial charge >= 0.3 is 0 Å². The van der Waals surface area contributed by atoms with Crippen molar-refractivity contribution in [2.75, 3.05) is 0 Å². The molecule has 0 aliphatic rings. The number of pyridine rings is 1. The summed E-state index contributed by atoms with van der Waals surface area (Å²) in [5.74, 6) is 0. The maximum Gasteiger partial charge on any atom is 0.235 e. The molecule has 1 heterocycles. The largest absolute Gasteiger partial charge is 0.285 e. The van der Waals surface area contributed by atoms with Crippen molar-refractivity contribution in [2.24, 2.45) is 0 Å². The highest BCUT2D eigenvalue weighted by atomic mass is 35.5. The summed E-state index contributed by atoms with van der Waals surface area (Å²) in [4.78, 5) is 0. The topological polar surface area (TPSA) is 24.1 Å². The molecule has 0 amide bonds. The van der Waals surface area contributed by atoms with Crippen molar-refractivity contribution in [3.8, 4) is 0 Å². The van der Waals surface area contributed by atoms with Gasteiger partial charge in [0.25, 0.3) is 0 Å². The summed E-state index contributed by atoms with van der Waals surface area (Å²) < 4.78 is 1.06. The molecule has 0 aromatic carbocycles. The lowest BCUT2D eigenvalue weighted by Gasteiger charge is -1.95. The van der Waals surface area contributed by atoms with Crippen LogP contribution in [0.2, 0.25) is 5.02 Å². The summed E-state index contributed by atoms with van der Waals surface area (Å²) in [6.45, 7) is 3.67. The van der Waals surface area contributed by atoms with Crippen LogP contribution in [0.3, 0.4) is 0 Å². The lowest BCUT2D eigenvalue weighted by Crippen LogP contribution is -2.33. The number of hydrogen-bond donors (Lipinski definition) is 1. The predicted octanol–water partition coefficient (Wildman–Crippen LogP) is 1.48. The molecule has 0 atom stereocenters. The zero-order valence-corrected chi connectivity index (χ0v) is 6.68. The fraction of sp³-hybridized carbons (Fsp3) is 0.286. The van der Waals surface area contributed by atoms with Crippen LogP contribution in [0.15, 0.2) is 12.3 Å². The average Bonchev–Trinajstić information content (AvgIpc) is 1.93. The van der Waals surface area contributed by atoms with Crippen LogP contribution < -0.4 is 4.73 Å². The van der Waals surface area contributed by atoms with E-state index in [-0.39, 0.29) is 0 Å². The number of aromatic nitrogens is 1. The van der Waals surface area contributed by atoms with E-state index in [2.05, 4.69) is 0 Å². The van der Waals surface area contributed by atoms with E-state index in [1.165, 1.54) is 6.20 Å². The summed E-state index contributed by atoms with van der Waals surface area (Å²) >= 11 is 5.76. The SMILES string of the molecule is Cc1c(Cl)cc[n+](O)c1C. The monoisotopic (exact) mass is 158 g/mol. The average molecular weight is 159 g/mol. The third-order valence-electron chi connectivity index (χ3n) is 1.61. The van der Waals surface area contributed by atoms with Gasteiger partial charge in [-0.25, -0.2) is 0 Å². The second kappa shape index (κ2) is 2.46. The zero-order valence-electron chi connectivity index (χ0n) is 5.93. The number of nitrogens with zero attached hydrogens (tertiary/aromatic N) is 1. The molecule has 1 aromatic heterocycles. The Morgan fingerprint density at radius 1 is 1.50 bits per heavy atom. The quantitative estimate of drug-likeness (QED) is 0.449. The second-order valence-corrected chi connectivity index (χ2v) is 2.63. The van der Waals surface area contributed by atoms with Crippen LogP contribution in [0, 0.1) is 13.8 Å². The van der Waals surface area contributed by atoms with Gasteiger partial charge in [-0.05, 0) is 6.92 Å². The van der Waals surface area contributed by atoms with Crippen molar-refractivity contribution < 1.29 is 9.94 Å². The Labute approximate surface area is 64.6 Å². The van der Waals surface area contributed by atoms with E-state index in [9.17, 15) is 0 Å². The molecule has 1 aromatic rings. The van der Waals surface area contributed by atoms with E-state index in [0.29, 0.717) is 5.02 Å². The third kappa shape index (κ3) is 1.07. The summed E-state index contributed by atoms with van der Waals surface area (Å²) in [5.41, 5.74) is 1.68. The second-order valence-electron chi connectivity index (χ2n) is 2.22. The predicted molar refractivity (Wildman–Crippen MR) is 38.3 cm³/mol. The molecule has 3 heteroatoms. The van der Waals surface area contributed by atoms with Gasteiger partial charge in [-0.2, -0.15) is 0 Å². The summed E-state index contributed by atoms with van der Waals surface area (Å²) in [7, 11) is 0. The van der Waals surface area contributed by atoms with Gasteiger partial charge in [0, 0.05) is 23.3 Å². The van der Waals surface area contributed by atoms with Gasteiger partial charge in [0.1, 0.15) is 0 Å². The molecule has 0 saturated carbocycles. The number of hydrogen-bond acceptors (Lipinski definition) is 1. The Balaban J connectivity index is 3.34. The Morgan fingerprint density at radius 3 is 2.60 bits per heavy atom. The standard InChI is InChI=1S/C7H9ClNO/c1-5-6(2)9(10)4-3-7(5)8/h3-4,10H,1-2H3/q+1. The molecule has 0 bridgehead atoms. The normalized spacial score (nSPS) is 9.90. The first kappa shape index (κ1) is 7.35. The molecule has 0 aliphatic heterocycles. The molecular formula is C7H9ClNO+. The molecule has 10 heavy (non-hydrogen) atoms. The molecule has 0 fully saturated rings. The van der Waals surface area contributed by atoms with Crippen LogP contribution >= 0.6 is 11.6 Å². The van der Waals surface area contributed by atoms with Crippen LogP contribution in [0.1, 0.15) is 11.3 Å². The lowest BCUT2D eigenvalue weighted by atomic mass is 10.2. The Kier molecular flexibility index (Phi) is 1.81. The molecule has 1 rings (SSSR count). The Hall–Kier alpha value is -0.760. The summed E-state index contributed by atoms with van der Waals surface area (Å²) in [6, 6.07) is 1.66. The van der Waals surface area contributed by atoms with Gasteiger partial charge in [0.15, 0.2) is 0 Å². The smallest absolute Gasteiger partial charge is 0.235 e. The Bertz CT molecular complexity index is 233. The van der Waals surface area contributed by atoms with Gasteiger partial charge in [-0.15, -0.1) is 0 Å². The van der Waals surface area contributed by atoms with Gasteiger partial charge < -0.3 is 0 Å². The van der Waals surface area contributed by atoms with Crippen LogP contribution in [-0.4, -0.2) is 5.21 Å². The lowest BCUT2D eigenvalue weighted by molar-refractivity contribution is -0.909. The molecule has 1 N–H and O–H groups in total. The Morgan fingerprint density at radius 2 is 2.10 bits per heavy atom. The van der Waals surface area contributed by atoms with E-state index in [1.807, 2.05) is 6.92 Å². The maximum absolute atomic E-state index is 9.08. The van der Waals surface area contributed by atoms with Gasteiger partial charge in [-0.1, -0.05) is 11.6 Å². The van der Waals surface area contributed by atoms with E-state index in [4.69, 9.17) is 16.8 Å². The van der Waals surface area contributed by atoms with E-state index >= 15 is 0 Å². The van der Waals surface area contributed by atoms with Crippen molar-refractivity contribution in [1.29, 1.82) is 0 Å². The first-order chi connectivity index (χ1) is 4.63. The number of rotatable bonds is 0. The maximum atomic E-state index is 9.08. The highest BCUT2D eigenvalue weighted by molar-refractivity contribution is 6.31. The number of halogens is 1. The van der Waals surface area contributed by atoms with E-state index in [1.54, 1.807) is 13.0 Å². The fourth-order valence-corrected chi connectivity index (χ4v) is 0.911. The van der Waals surface area contributed by atoms with Crippen LogP contribution in [-0.2, 0) is 0 Å². The first-order valence-corrected chi connectivity index (χ1v) is 3.37. The van der Waals surface area contributed by atoms with Gasteiger partial charge in [0.05, 0.1) is 5.02 Å². The molecule has 0 saturated heterocycles. The molecule has 0 spiro atoms. The molecule has 2 nitrogen and oxygen atoms in total. The third-order valence-corrected chi connectivity index (χ3v) is 2.02.